The molecule has 0 spiro atoms. The number of nitro benzene ring substituents is 1. The first-order valence-electron chi connectivity index (χ1n) is 6.01. The predicted molar refractivity (Wildman–Crippen MR) is 68.7 cm³/mol. The molecule has 0 aliphatic rings. The van der Waals surface area contributed by atoms with E-state index in [9.17, 15) is 14.5 Å². The van der Waals surface area contributed by atoms with E-state index in [2.05, 4.69) is 0 Å². The van der Waals surface area contributed by atoms with Crippen LogP contribution in [-0.4, -0.2) is 11.0 Å². The molecule has 1 aromatic carbocycles. The second kappa shape index (κ2) is 5.91. The Morgan fingerprint density at radius 1 is 1.39 bits per heavy atom. The Bertz CT molecular complexity index is 425. The van der Waals surface area contributed by atoms with Crippen molar-refractivity contribution in [2.75, 3.05) is 0 Å². The standard InChI is InChI=1S/C13H19FN2O2/c1-8(2)12(9(3)15)7-10-6-11(14)4-5-13(10)16(17)18/h4-6,8-9,12H,7,15H2,1-3H3. The van der Waals surface area contributed by atoms with E-state index in [4.69, 9.17) is 5.73 Å². The SMILES string of the molecule is CC(C)C(Cc1cc(F)ccc1[N+](=O)[O-])C(C)N. The van der Waals surface area contributed by atoms with Crippen molar-refractivity contribution >= 4 is 5.69 Å². The van der Waals surface area contributed by atoms with Gasteiger partial charge in [0.1, 0.15) is 5.82 Å². The van der Waals surface area contributed by atoms with Gasteiger partial charge in [-0.3, -0.25) is 10.1 Å². The molecule has 0 saturated heterocycles. The summed E-state index contributed by atoms with van der Waals surface area (Å²) in [5.74, 6) is -0.0823. The highest BCUT2D eigenvalue weighted by Gasteiger charge is 2.23. The molecule has 18 heavy (non-hydrogen) atoms. The molecule has 0 aliphatic heterocycles. The Labute approximate surface area is 106 Å². The van der Waals surface area contributed by atoms with Crippen molar-refractivity contribution in [2.45, 2.75) is 33.2 Å². The zero-order valence-corrected chi connectivity index (χ0v) is 10.9. The minimum absolute atomic E-state index is 0.0392. The molecule has 0 saturated carbocycles. The Balaban J connectivity index is 3.08. The van der Waals surface area contributed by atoms with Gasteiger partial charge in [-0.15, -0.1) is 0 Å². The van der Waals surface area contributed by atoms with Crippen molar-refractivity contribution in [1.29, 1.82) is 0 Å². The van der Waals surface area contributed by atoms with E-state index in [1.54, 1.807) is 0 Å². The molecule has 5 heteroatoms. The number of nitrogens with zero attached hydrogens (tertiary/aromatic N) is 1. The zero-order valence-electron chi connectivity index (χ0n) is 10.9. The maximum absolute atomic E-state index is 13.2. The molecular formula is C13H19FN2O2. The van der Waals surface area contributed by atoms with Gasteiger partial charge < -0.3 is 5.73 Å². The lowest BCUT2D eigenvalue weighted by Crippen LogP contribution is -2.32. The van der Waals surface area contributed by atoms with Gasteiger partial charge in [-0.1, -0.05) is 13.8 Å². The Morgan fingerprint density at radius 2 is 2.00 bits per heavy atom. The second-order valence-electron chi connectivity index (χ2n) is 5.00. The van der Waals surface area contributed by atoms with Crippen molar-refractivity contribution in [3.8, 4) is 0 Å². The summed E-state index contributed by atoms with van der Waals surface area (Å²) in [6, 6.07) is 3.46. The summed E-state index contributed by atoms with van der Waals surface area (Å²) in [5, 5.41) is 10.9. The molecule has 1 aromatic rings. The lowest BCUT2D eigenvalue weighted by molar-refractivity contribution is -0.385. The fraction of sp³-hybridized carbons (Fsp3) is 0.538. The smallest absolute Gasteiger partial charge is 0.272 e. The van der Waals surface area contributed by atoms with E-state index in [0.717, 1.165) is 6.07 Å². The minimum Gasteiger partial charge on any atom is -0.328 e. The highest BCUT2D eigenvalue weighted by molar-refractivity contribution is 5.40. The third kappa shape index (κ3) is 3.50. The molecule has 0 aliphatic carbocycles. The second-order valence-corrected chi connectivity index (χ2v) is 5.00. The molecule has 0 fully saturated rings. The lowest BCUT2D eigenvalue weighted by Gasteiger charge is -2.24. The van der Waals surface area contributed by atoms with E-state index >= 15 is 0 Å². The van der Waals surface area contributed by atoms with Crippen LogP contribution >= 0.6 is 0 Å². The van der Waals surface area contributed by atoms with Gasteiger partial charge in [-0.2, -0.15) is 0 Å². The van der Waals surface area contributed by atoms with Crippen LogP contribution < -0.4 is 5.73 Å². The maximum atomic E-state index is 13.2. The van der Waals surface area contributed by atoms with E-state index < -0.39 is 10.7 Å². The van der Waals surface area contributed by atoms with Crippen molar-refractivity contribution in [1.82, 2.24) is 0 Å². The van der Waals surface area contributed by atoms with Gasteiger partial charge in [0.2, 0.25) is 0 Å². The van der Waals surface area contributed by atoms with Gasteiger partial charge in [-0.25, -0.2) is 4.39 Å². The van der Waals surface area contributed by atoms with Crippen LogP contribution in [0.2, 0.25) is 0 Å². The molecule has 100 valence electrons. The number of halogens is 1. The number of rotatable bonds is 5. The summed E-state index contributed by atoms with van der Waals surface area (Å²) in [6.07, 6.45) is 0.420. The quantitative estimate of drug-likeness (QED) is 0.648. The van der Waals surface area contributed by atoms with Crippen molar-refractivity contribution < 1.29 is 9.31 Å². The summed E-state index contributed by atoms with van der Waals surface area (Å²) in [5.41, 5.74) is 6.26. The Morgan fingerprint density at radius 3 is 2.44 bits per heavy atom. The first-order chi connectivity index (χ1) is 8.32. The summed E-state index contributed by atoms with van der Waals surface area (Å²) in [6.45, 7) is 5.90. The van der Waals surface area contributed by atoms with Crippen molar-refractivity contribution in [3.05, 3.63) is 39.7 Å². The molecule has 1 rings (SSSR count). The predicted octanol–water partition coefficient (Wildman–Crippen LogP) is 2.90. The largest absolute Gasteiger partial charge is 0.328 e. The zero-order chi connectivity index (χ0) is 13.9. The fourth-order valence-electron chi connectivity index (χ4n) is 2.18. The summed E-state index contributed by atoms with van der Waals surface area (Å²) in [7, 11) is 0. The van der Waals surface area contributed by atoms with Crippen LogP contribution in [-0.2, 0) is 6.42 Å². The Kier molecular flexibility index (Phi) is 4.78. The molecule has 4 nitrogen and oxygen atoms in total. The monoisotopic (exact) mass is 254 g/mol. The van der Waals surface area contributed by atoms with Gasteiger partial charge in [-0.05, 0) is 37.3 Å². The van der Waals surface area contributed by atoms with E-state index in [-0.39, 0.29) is 23.6 Å². The highest BCUT2D eigenvalue weighted by atomic mass is 19.1. The van der Waals surface area contributed by atoms with Gasteiger partial charge in [0.25, 0.3) is 5.69 Å². The summed E-state index contributed by atoms with van der Waals surface area (Å²) in [4.78, 5) is 10.4. The van der Waals surface area contributed by atoms with Crippen LogP contribution in [0, 0.1) is 27.8 Å². The third-order valence-electron chi connectivity index (χ3n) is 3.23. The number of hydrogen-bond donors (Lipinski definition) is 1. The van der Waals surface area contributed by atoms with Crippen molar-refractivity contribution in [2.24, 2.45) is 17.6 Å². The van der Waals surface area contributed by atoms with E-state index in [1.807, 2.05) is 20.8 Å². The topological polar surface area (TPSA) is 69.2 Å². The van der Waals surface area contributed by atoms with Gasteiger partial charge in [0.05, 0.1) is 4.92 Å². The highest BCUT2D eigenvalue weighted by Crippen LogP contribution is 2.26. The van der Waals surface area contributed by atoms with Gasteiger partial charge >= 0.3 is 0 Å². The molecule has 0 amide bonds. The first kappa shape index (κ1) is 14.6. The van der Waals surface area contributed by atoms with E-state index in [0.29, 0.717) is 12.0 Å². The third-order valence-corrected chi connectivity index (χ3v) is 3.23. The average Bonchev–Trinajstić information content (AvgIpc) is 2.24. The normalized spacial score (nSPS) is 14.6. The van der Waals surface area contributed by atoms with Crippen LogP contribution in [0.5, 0.6) is 0 Å². The van der Waals surface area contributed by atoms with E-state index in [1.165, 1.54) is 12.1 Å². The first-order valence-corrected chi connectivity index (χ1v) is 6.01. The lowest BCUT2D eigenvalue weighted by atomic mass is 9.84. The Hall–Kier alpha value is -1.49. The van der Waals surface area contributed by atoms with Crippen LogP contribution in [0.1, 0.15) is 26.3 Å². The molecule has 0 bridgehead atoms. The summed E-state index contributed by atoms with van der Waals surface area (Å²) < 4.78 is 13.2. The maximum Gasteiger partial charge on any atom is 0.272 e. The molecule has 2 unspecified atom stereocenters. The van der Waals surface area contributed by atoms with Crippen LogP contribution in [0.4, 0.5) is 10.1 Å². The molecule has 0 aromatic heterocycles. The fourth-order valence-corrected chi connectivity index (χ4v) is 2.18. The molecular weight excluding hydrogens is 235 g/mol. The minimum atomic E-state index is -0.479. The van der Waals surface area contributed by atoms with Crippen LogP contribution in [0.15, 0.2) is 18.2 Å². The summed E-state index contributed by atoms with van der Waals surface area (Å²) >= 11 is 0. The number of benzene rings is 1. The van der Waals surface area contributed by atoms with Gasteiger partial charge in [0, 0.05) is 17.7 Å². The van der Waals surface area contributed by atoms with Crippen LogP contribution in [0.3, 0.4) is 0 Å². The number of nitrogens with two attached hydrogens (primary N) is 1. The number of hydrogen-bond acceptors (Lipinski definition) is 3. The van der Waals surface area contributed by atoms with Crippen LogP contribution in [0.25, 0.3) is 0 Å². The molecule has 0 heterocycles. The molecule has 0 radical (unpaired) electrons. The van der Waals surface area contributed by atoms with Crippen molar-refractivity contribution in [3.63, 3.8) is 0 Å². The average molecular weight is 254 g/mol. The number of nitro groups is 1. The molecule has 2 atom stereocenters. The van der Waals surface area contributed by atoms with Gasteiger partial charge in [0.15, 0.2) is 0 Å². The molecule has 2 N–H and O–H groups in total.